The van der Waals surface area contributed by atoms with Gasteiger partial charge in [0, 0.05) is 6.16 Å². The predicted octanol–water partition coefficient (Wildman–Crippen LogP) is 2.68. The van der Waals surface area contributed by atoms with Crippen LogP contribution in [0.15, 0.2) is 54.6 Å². The molecule has 2 rings (SSSR count). The van der Waals surface area contributed by atoms with Crippen molar-refractivity contribution in [1.29, 1.82) is 0 Å². The van der Waals surface area contributed by atoms with Crippen LogP contribution in [0, 0.1) is 5.92 Å². The number of amides is 1. The zero-order valence-corrected chi connectivity index (χ0v) is 17.4. The first-order chi connectivity index (χ1) is 13.6. The molecule has 0 aliphatic rings. The summed E-state index contributed by atoms with van der Waals surface area (Å²) in [4.78, 5) is 33.8. The van der Waals surface area contributed by atoms with Gasteiger partial charge in [-0.25, -0.2) is 0 Å². The number of hydrogen-bond acceptors (Lipinski definition) is 4. The van der Waals surface area contributed by atoms with Crippen molar-refractivity contribution in [3.05, 3.63) is 60.2 Å². The van der Waals surface area contributed by atoms with Crippen LogP contribution in [0.4, 0.5) is 0 Å². The van der Waals surface area contributed by atoms with Gasteiger partial charge in [0.1, 0.15) is 6.04 Å². The number of hydrogen-bond donors (Lipinski definition) is 4. The van der Waals surface area contributed by atoms with Crippen molar-refractivity contribution >= 4 is 19.2 Å². The predicted molar refractivity (Wildman–Crippen MR) is 113 cm³/mol. The molecule has 8 heteroatoms. The Balaban J connectivity index is 2.21. The Morgan fingerprint density at radius 2 is 1.59 bits per heavy atom. The fraction of sp³-hybridized carbons (Fsp3) is 0.333. The average Bonchev–Trinajstić information content (AvgIpc) is 2.68. The summed E-state index contributed by atoms with van der Waals surface area (Å²) < 4.78 is 12.4. The fourth-order valence-corrected chi connectivity index (χ4v) is 4.12. The maximum atomic E-state index is 12.6. The first kappa shape index (κ1) is 22.8. The third-order valence-corrected chi connectivity index (χ3v) is 7.00. The molecule has 5 N–H and O–H groups in total. The molecule has 0 bridgehead atoms. The molecule has 0 aromatic heterocycles. The molecule has 7 nitrogen and oxygen atoms in total. The van der Waals surface area contributed by atoms with E-state index in [1.165, 1.54) is 13.8 Å². The van der Waals surface area contributed by atoms with Crippen molar-refractivity contribution in [2.45, 2.75) is 32.1 Å². The molecule has 0 saturated carbocycles. The zero-order chi connectivity index (χ0) is 21.6. The molecule has 0 aliphatic carbocycles. The van der Waals surface area contributed by atoms with E-state index < -0.39 is 37.0 Å². The second kappa shape index (κ2) is 9.83. The van der Waals surface area contributed by atoms with E-state index in [2.05, 4.69) is 5.32 Å². The molecular formula is C21H27N2O5P. The van der Waals surface area contributed by atoms with Gasteiger partial charge in [0.05, 0.1) is 11.7 Å². The van der Waals surface area contributed by atoms with Gasteiger partial charge >= 0.3 is 5.97 Å². The molecule has 29 heavy (non-hydrogen) atoms. The Hall–Kier alpha value is -2.47. The topological polar surface area (TPSA) is 130 Å². The minimum atomic E-state index is -3.77. The van der Waals surface area contributed by atoms with E-state index in [-0.39, 0.29) is 12.6 Å². The van der Waals surface area contributed by atoms with E-state index >= 15 is 0 Å². The van der Waals surface area contributed by atoms with E-state index in [4.69, 9.17) is 10.8 Å². The Labute approximate surface area is 170 Å². The maximum absolute atomic E-state index is 12.6. The van der Waals surface area contributed by atoms with E-state index in [0.29, 0.717) is 0 Å². The normalized spacial score (nSPS) is 16.3. The van der Waals surface area contributed by atoms with Gasteiger partial charge in [-0.15, -0.1) is 0 Å². The van der Waals surface area contributed by atoms with Gasteiger partial charge in [0.2, 0.25) is 13.3 Å². The SMILES string of the molecule is C[C@H](NC(=O)[C@H](Cc1ccc(-c2ccccc2)cc1)CP(=O)(O)[C@@H](C)N)C(=O)O. The quantitative estimate of drug-likeness (QED) is 0.463. The summed E-state index contributed by atoms with van der Waals surface area (Å²) >= 11 is 0. The van der Waals surface area contributed by atoms with Gasteiger partial charge < -0.3 is 21.1 Å². The summed E-state index contributed by atoms with van der Waals surface area (Å²) in [6.45, 7) is 2.76. The molecule has 0 spiro atoms. The van der Waals surface area contributed by atoms with E-state index in [0.717, 1.165) is 16.7 Å². The Kier molecular flexibility index (Phi) is 7.73. The second-order valence-electron chi connectivity index (χ2n) is 7.21. The highest BCUT2D eigenvalue weighted by molar-refractivity contribution is 7.58. The highest BCUT2D eigenvalue weighted by Crippen LogP contribution is 2.46. The van der Waals surface area contributed by atoms with Crippen molar-refractivity contribution in [3.8, 4) is 11.1 Å². The number of carboxylic acids is 1. The number of nitrogens with one attached hydrogen (secondary N) is 1. The highest BCUT2D eigenvalue weighted by Gasteiger charge is 2.33. The monoisotopic (exact) mass is 418 g/mol. The van der Waals surface area contributed by atoms with Gasteiger partial charge in [-0.2, -0.15) is 0 Å². The largest absolute Gasteiger partial charge is 0.480 e. The lowest BCUT2D eigenvalue weighted by atomic mass is 9.97. The summed E-state index contributed by atoms with van der Waals surface area (Å²) in [7, 11) is -3.77. The van der Waals surface area contributed by atoms with Crippen LogP contribution in [0.1, 0.15) is 19.4 Å². The maximum Gasteiger partial charge on any atom is 0.325 e. The summed E-state index contributed by atoms with van der Waals surface area (Å²) in [6.07, 6.45) is -0.117. The lowest BCUT2D eigenvalue weighted by molar-refractivity contribution is -0.141. The lowest BCUT2D eigenvalue weighted by Crippen LogP contribution is -2.43. The van der Waals surface area contributed by atoms with Crippen LogP contribution in [0.5, 0.6) is 0 Å². The van der Waals surface area contributed by atoms with Crippen molar-refractivity contribution in [3.63, 3.8) is 0 Å². The van der Waals surface area contributed by atoms with E-state index in [9.17, 15) is 19.0 Å². The third-order valence-electron chi connectivity index (χ3n) is 4.76. The Morgan fingerprint density at radius 3 is 2.10 bits per heavy atom. The molecule has 2 aromatic carbocycles. The molecule has 0 fully saturated rings. The molecule has 1 amide bonds. The number of carboxylic acid groups (broad SMARTS) is 1. The summed E-state index contributed by atoms with van der Waals surface area (Å²) in [6, 6.07) is 16.3. The third kappa shape index (κ3) is 6.53. The van der Waals surface area contributed by atoms with Gasteiger partial charge in [-0.05, 0) is 37.0 Å². The standard InChI is InChI=1S/C21H27N2O5P/c1-14(21(25)26)23-20(24)19(13-29(27,28)15(2)22)12-16-8-10-18(11-9-16)17-6-4-3-5-7-17/h3-11,14-15,19H,12-13,22H2,1-2H3,(H,23,24)(H,25,26)(H,27,28)/t14-,15-,19+/m0/s1. The van der Waals surface area contributed by atoms with Crippen LogP contribution in [0.2, 0.25) is 0 Å². The number of carbonyl (C=O) groups is 2. The summed E-state index contributed by atoms with van der Waals surface area (Å²) in [5.74, 6) is -3.61. The number of nitrogens with two attached hydrogens (primary N) is 1. The molecule has 0 radical (unpaired) electrons. The van der Waals surface area contributed by atoms with Crippen LogP contribution in [-0.4, -0.2) is 39.9 Å². The lowest BCUT2D eigenvalue weighted by Gasteiger charge is -2.23. The van der Waals surface area contributed by atoms with Crippen LogP contribution in [0.3, 0.4) is 0 Å². The van der Waals surface area contributed by atoms with Crippen molar-refractivity contribution in [2.24, 2.45) is 11.7 Å². The van der Waals surface area contributed by atoms with Gasteiger partial charge in [0.15, 0.2) is 0 Å². The number of carbonyl (C=O) groups excluding carboxylic acids is 1. The number of aliphatic carboxylic acids is 1. The summed E-state index contributed by atoms with van der Waals surface area (Å²) in [5, 5.41) is 11.4. The minimum Gasteiger partial charge on any atom is -0.480 e. The van der Waals surface area contributed by atoms with Crippen molar-refractivity contribution < 1.29 is 24.2 Å². The average molecular weight is 418 g/mol. The van der Waals surface area contributed by atoms with Gasteiger partial charge in [-0.3, -0.25) is 14.2 Å². The molecule has 0 saturated heterocycles. The zero-order valence-electron chi connectivity index (χ0n) is 16.5. The molecular weight excluding hydrogens is 391 g/mol. The minimum absolute atomic E-state index is 0.199. The van der Waals surface area contributed by atoms with Crippen LogP contribution in [-0.2, 0) is 20.6 Å². The Bertz CT molecular complexity index is 884. The molecule has 1 unspecified atom stereocenters. The fourth-order valence-electron chi connectivity index (χ4n) is 2.86. The Morgan fingerprint density at radius 1 is 1.03 bits per heavy atom. The summed E-state index contributed by atoms with van der Waals surface area (Å²) in [5.41, 5.74) is 8.48. The van der Waals surface area contributed by atoms with Gasteiger partial charge in [-0.1, -0.05) is 54.6 Å². The molecule has 4 atom stereocenters. The second-order valence-corrected chi connectivity index (χ2v) is 9.90. The van der Waals surface area contributed by atoms with Crippen molar-refractivity contribution in [1.82, 2.24) is 5.32 Å². The number of benzene rings is 2. The smallest absolute Gasteiger partial charge is 0.325 e. The van der Waals surface area contributed by atoms with Crippen LogP contribution in [0.25, 0.3) is 11.1 Å². The molecule has 156 valence electrons. The van der Waals surface area contributed by atoms with Crippen LogP contribution < -0.4 is 11.1 Å². The molecule has 0 aliphatic heterocycles. The van der Waals surface area contributed by atoms with E-state index in [1.54, 1.807) is 0 Å². The number of rotatable bonds is 9. The van der Waals surface area contributed by atoms with Crippen LogP contribution >= 0.6 is 7.37 Å². The van der Waals surface area contributed by atoms with E-state index in [1.807, 2.05) is 54.6 Å². The van der Waals surface area contributed by atoms with Crippen molar-refractivity contribution in [2.75, 3.05) is 6.16 Å². The molecule has 0 heterocycles. The first-order valence-corrected chi connectivity index (χ1v) is 11.3. The molecule has 2 aromatic rings. The first-order valence-electron chi connectivity index (χ1n) is 9.35. The van der Waals surface area contributed by atoms with Gasteiger partial charge in [0.25, 0.3) is 0 Å². The highest BCUT2D eigenvalue weighted by atomic mass is 31.2.